The van der Waals surface area contributed by atoms with Crippen molar-refractivity contribution in [3.05, 3.63) is 11.2 Å². The van der Waals surface area contributed by atoms with Gasteiger partial charge in [-0.15, -0.1) is 0 Å². The summed E-state index contributed by atoms with van der Waals surface area (Å²) >= 11 is 6.44. The van der Waals surface area contributed by atoms with Crippen LogP contribution >= 0.6 is 11.6 Å². The molecule has 2 heterocycles. The Bertz CT molecular complexity index is 369. The van der Waals surface area contributed by atoms with E-state index >= 15 is 0 Å². The Hall–Kier alpha value is -0.290. The number of hydrogen-bond acceptors (Lipinski definition) is 4. The van der Waals surface area contributed by atoms with Gasteiger partial charge in [0.2, 0.25) is 0 Å². The molecule has 0 aromatic heterocycles. The molecular formula is C17H32ClN3O. The molecule has 0 aromatic carbocycles. The number of likely N-dealkylation sites (tertiary alicyclic amines) is 1. The number of piperidine rings is 1. The van der Waals surface area contributed by atoms with E-state index in [1.165, 1.54) is 19.3 Å². The first kappa shape index (κ1) is 18.1. The van der Waals surface area contributed by atoms with E-state index in [4.69, 9.17) is 22.1 Å². The van der Waals surface area contributed by atoms with Gasteiger partial charge in [0.15, 0.2) is 0 Å². The lowest BCUT2D eigenvalue weighted by atomic mass is 9.85. The third-order valence-electron chi connectivity index (χ3n) is 4.93. The molecule has 0 spiro atoms. The van der Waals surface area contributed by atoms with Crippen LogP contribution in [0, 0.1) is 0 Å². The molecule has 22 heavy (non-hydrogen) atoms. The van der Waals surface area contributed by atoms with Crippen LogP contribution in [0.25, 0.3) is 0 Å². The number of rotatable bonds is 7. The van der Waals surface area contributed by atoms with E-state index in [1.807, 2.05) is 6.20 Å². The van der Waals surface area contributed by atoms with Crippen molar-refractivity contribution in [2.45, 2.75) is 69.6 Å². The van der Waals surface area contributed by atoms with Crippen LogP contribution in [0.15, 0.2) is 11.2 Å². The van der Waals surface area contributed by atoms with E-state index in [2.05, 4.69) is 24.2 Å². The predicted octanol–water partition coefficient (Wildman–Crippen LogP) is 2.82. The SMILES string of the molecule is CCCCCC[C@@]1(N)CNC=C(Cl)[C@H]1OC1CCN(C)CC1. The summed E-state index contributed by atoms with van der Waals surface area (Å²) in [5.74, 6) is 0. The summed E-state index contributed by atoms with van der Waals surface area (Å²) in [5, 5.41) is 3.96. The maximum atomic E-state index is 6.70. The van der Waals surface area contributed by atoms with Gasteiger partial charge in [0.1, 0.15) is 6.10 Å². The highest BCUT2D eigenvalue weighted by Gasteiger charge is 2.41. The number of ether oxygens (including phenoxy) is 1. The fourth-order valence-corrected chi connectivity index (χ4v) is 3.74. The van der Waals surface area contributed by atoms with Crippen molar-refractivity contribution in [3.63, 3.8) is 0 Å². The van der Waals surface area contributed by atoms with Gasteiger partial charge in [-0.1, -0.05) is 44.2 Å². The van der Waals surface area contributed by atoms with Crippen LogP contribution < -0.4 is 11.1 Å². The Labute approximate surface area is 140 Å². The van der Waals surface area contributed by atoms with E-state index in [9.17, 15) is 0 Å². The van der Waals surface area contributed by atoms with Crippen molar-refractivity contribution in [1.82, 2.24) is 10.2 Å². The third kappa shape index (κ3) is 4.85. The maximum Gasteiger partial charge on any atom is 0.114 e. The molecule has 2 atom stereocenters. The standard InChI is InChI=1S/C17H32ClN3O/c1-3-4-5-6-9-17(19)13-20-12-15(18)16(17)22-14-7-10-21(2)11-8-14/h12,14,16,20H,3-11,13,19H2,1-2H3/t16-,17-/m1/s1. The fraction of sp³-hybridized carbons (Fsp3) is 0.882. The predicted molar refractivity (Wildman–Crippen MR) is 93.0 cm³/mol. The first-order chi connectivity index (χ1) is 10.5. The van der Waals surface area contributed by atoms with Gasteiger partial charge < -0.3 is 20.7 Å². The average Bonchev–Trinajstić information content (AvgIpc) is 2.50. The second kappa shape index (κ2) is 8.53. The molecular weight excluding hydrogens is 298 g/mol. The molecule has 0 unspecified atom stereocenters. The minimum absolute atomic E-state index is 0.162. The molecule has 1 saturated heterocycles. The zero-order valence-electron chi connectivity index (χ0n) is 14.1. The van der Waals surface area contributed by atoms with E-state index in [0.29, 0.717) is 0 Å². The van der Waals surface area contributed by atoms with Gasteiger partial charge in [-0.05, 0) is 26.3 Å². The molecule has 0 aromatic rings. The van der Waals surface area contributed by atoms with Crippen molar-refractivity contribution in [2.75, 3.05) is 26.7 Å². The molecule has 1 fully saturated rings. The highest BCUT2D eigenvalue weighted by atomic mass is 35.5. The minimum Gasteiger partial charge on any atom is -0.388 e. The van der Waals surface area contributed by atoms with Gasteiger partial charge in [-0.3, -0.25) is 0 Å². The smallest absolute Gasteiger partial charge is 0.114 e. The second-order valence-corrected chi connectivity index (χ2v) is 7.41. The number of hydrogen-bond donors (Lipinski definition) is 2. The molecule has 0 saturated carbocycles. The second-order valence-electron chi connectivity index (χ2n) is 6.97. The first-order valence-electron chi connectivity index (χ1n) is 8.77. The zero-order chi connectivity index (χ0) is 16.0. The van der Waals surface area contributed by atoms with Gasteiger partial charge in [0.25, 0.3) is 0 Å². The van der Waals surface area contributed by atoms with Crippen LogP contribution in [0.3, 0.4) is 0 Å². The van der Waals surface area contributed by atoms with Crippen molar-refractivity contribution in [1.29, 1.82) is 0 Å². The van der Waals surface area contributed by atoms with Gasteiger partial charge in [0, 0.05) is 25.8 Å². The quantitative estimate of drug-likeness (QED) is 0.705. The highest BCUT2D eigenvalue weighted by Crippen LogP contribution is 2.31. The molecule has 0 amide bonds. The monoisotopic (exact) mass is 329 g/mol. The van der Waals surface area contributed by atoms with Crippen LogP contribution in [0.5, 0.6) is 0 Å². The van der Waals surface area contributed by atoms with Crippen molar-refractivity contribution in [3.8, 4) is 0 Å². The Balaban J connectivity index is 1.93. The number of unbranched alkanes of at least 4 members (excludes halogenated alkanes) is 3. The average molecular weight is 330 g/mol. The lowest BCUT2D eigenvalue weighted by molar-refractivity contribution is -0.0563. The summed E-state index contributed by atoms with van der Waals surface area (Å²) in [6.07, 6.45) is 9.96. The van der Waals surface area contributed by atoms with E-state index in [0.717, 1.165) is 50.3 Å². The molecule has 0 radical (unpaired) electrons. The van der Waals surface area contributed by atoms with Crippen molar-refractivity contribution in [2.24, 2.45) is 5.73 Å². The topological polar surface area (TPSA) is 50.5 Å². The fourth-order valence-electron chi connectivity index (χ4n) is 3.40. The van der Waals surface area contributed by atoms with E-state index in [-0.39, 0.29) is 17.7 Å². The molecule has 2 rings (SSSR count). The van der Waals surface area contributed by atoms with Gasteiger partial charge >= 0.3 is 0 Å². The molecule has 3 N–H and O–H groups in total. The number of nitrogens with zero attached hydrogens (tertiary/aromatic N) is 1. The molecule has 128 valence electrons. The van der Waals surface area contributed by atoms with Crippen LogP contribution in [0.4, 0.5) is 0 Å². The van der Waals surface area contributed by atoms with E-state index in [1.54, 1.807) is 0 Å². The van der Waals surface area contributed by atoms with Gasteiger partial charge in [0.05, 0.1) is 16.7 Å². The zero-order valence-corrected chi connectivity index (χ0v) is 14.9. The maximum absolute atomic E-state index is 6.70. The van der Waals surface area contributed by atoms with Crippen LogP contribution in [0.1, 0.15) is 51.9 Å². The lowest BCUT2D eigenvalue weighted by Crippen LogP contribution is -2.61. The normalized spacial score (nSPS) is 30.9. The number of halogens is 1. The molecule has 5 heteroatoms. The van der Waals surface area contributed by atoms with E-state index < -0.39 is 0 Å². The largest absolute Gasteiger partial charge is 0.388 e. The summed E-state index contributed by atoms with van der Waals surface area (Å²) in [5.41, 5.74) is 6.31. The minimum atomic E-state index is -0.386. The lowest BCUT2D eigenvalue weighted by Gasteiger charge is -2.43. The molecule has 4 nitrogen and oxygen atoms in total. The van der Waals surface area contributed by atoms with Crippen molar-refractivity contribution < 1.29 is 4.74 Å². The Kier molecular flexibility index (Phi) is 7.00. The molecule has 0 aliphatic carbocycles. The Morgan fingerprint density at radius 2 is 2.09 bits per heavy atom. The summed E-state index contributed by atoms with van der Waals surface area (Å²) in [6, 6.07) is 0. The Morgan fingerprint density at radius 1 is 1.36 bits per heavy atom. The summed E-state index contributed by atoms with van der Waals surface area (Å²) < 4.78 is 6.37. The summed E-state index contributed by atoms with van der Waals surface area (Å²) in [7, 11) is 2.16. The Morgan fingerprint density at radius 3 is 2.77 bits per heavy atom. The summed E-state index contributed by atoms with van der Waals surface area (Å²) in [4.78, 5) is 2.35. The van der Waals surface area contributed by atoms with Crippen molar-refractivity contribution >= 4 is 11.6 Å². The number of nitrogens with one attached hydrogen (secondary N) is 1. The van der Waals surface area contributed by atoms with Crippen LogP contribution in [0.2, 0.25) is 0 Å². The molecule has 2 aliphatic heterocycles. The third-order valence-corrected chi connectivity index (χ3v) is 5.24. The van der Waals surface area contributed by atoms with Gasteiger partial charge in [-0.25, -0.2) is 0 Å². The first-order valence-corrected chi connectivity index (χ1v) is 9.15. The number of nitrogens with two attached hydrogens (primary N) is 1. The molecule has 0 bridgehead atoms. The van der Waals surface area contributed by atoms with Crippen LogP contribution in [-0.4, -0.2) is 49.3 Å². The summed E-state index contributed by atoms with van der Waals surface area (Å²) in [6.45, 7) is 5.15. The highest BCUT2D eigenvalue weighted by molar-refractivity contribution is 6.30. The molecule has 2 aliphatic rings. The van der Waals surface area contributed by atoms with Crippen LogP contribution in [-0.2, 0) is 4.74 Å². The van der Waals surface area contributed by atoms with Gasteiger partial charge in [-0.2, -0.15) is 0 Å².